The van der Waals surface area contributed by atoms with Crippen LogP contribution in [0, 0.1) is 10.1 Å². The first kappa shape index (κ1) is 14.7. The molecule has 0 bridgehead atoms. The molecule has 3 rings (SSSR count). The summed E-state index contributed by atoms with van der Waals surface area (Å²) >= 11 is 0. The van der Waals surface area contributed by atoms with E-state index in [1.165, 1.54) is 10.8 Å². The van der Waals surface area contributed by atoms with Gasteiger partial charge in [-0.25, -0.2) is 4.68 Å². The molecule has 0 radical (unpaired) electrons. The molecule has 0 amide bonds. The zero-order valence-electron chi connectivity index (χ0n) is 12.4. The molecule has 0 spiro atoms. The van der Waals surface area contributed by atoms with Crippen molar-refractivity contribution < 1.29 is 9.66 Å². The van der Waals surface area contributed by atoms with Gasteiger partial charge in [0.05, 0.1) is 17.5 Å². The highest BCUT2D eigenvalue weighted by Gasteiger charge is 2.15. The van der Waals surface area contributed by atoms with E-state index in [0.29, 0.717) is 11.3 Å². The van der Waals surface area contributed by atoms with Gasteiger partial charge >= 0.3 is 0 Å². The number of hydrogen-bond acceptors (Lipinski definition) is 5. The maximum absolute atomic E-state index is 11.3. The number of hydrogen-bond donors (Lipinski definition) is 0. The van der Waals surface area contributed by atoms with Gasteiger partial charge in [0.15, 0.2) is 0 Å². The van der Waals surface area contributed by atoms with Crippen LogP contribution in [0.3, 0.4) is 0 Å². The molecule has 0 saturated carbocycles. The second-order valence-corrected chi connectivity index (χ2v) is 4.90. The van der Waals surface area contributed by atoms with Crippen molar-refractivity contribution in [2.45, 2.75) is 6.54 Å². The lowest BCUT2D eigenvalue weighted by atomic mass is 10.2. The number of nitro groups is 1. The highest BCUT2D eigenvalue weighted by atomic mass is 16.6. The summed E-state index contributed by atoms with van der Waals surface area (Å²) in [5.74, 6) is 0.701. The van der Waals surface area contributed by atoms with Gasteiger partial charge < -0.3 is 4.74 Å². The molecule has 1 aromatic heterocycles. The predicted octanol–water partition coefficient (Wildman–Crippen LogP) is 2.76. The maximum Gasteiger partial charge on any atom is 0.268 e. The first-order valence-corrected chi connectivity index (χ1v) is 6.94. The van der Waals surface area contributed by atoms with Gasteiger partial charge in [-0.2, -0.15) is 0 Å². The summed E-state index contributed by atoms with van der Waals surface area (Å²) in [5, 5.41) is 19.3. The summed E-state index contributed by atoms with van der Waals surface area (Å²) < 4.78 is 6.60. The van der Waals surface area contributed by atoms with Crippen molar-refractivity contribution in [1.82, 2.24) is 15.0 Å². The molecule has 0 aliphatic rings. The highest BCUT2D eigenvalue weighted by molar-refractivity contribution is 5.74. The van der Waals surface area contributed by atoms with Crippen molar-refractivity contribution in [1.29, 1.82) is 0 Å². The summed E-state index contributed by atoms with van der Waals surface area (Å²) in [4.78, 5) is 10.9. The lowest BCUT2D eigenvalue weighted by molar-refractivity contribution is -0.427. The number of aromatic nitrogens is 3. The van der Waals surface area contributed by atoms with Gasteiger partial charge in [-0.15, -0.1) is 5.10 Å². The molecule has 1 heterocycles. The summed E-state index contributed by atoms with van der Waals surface area (Å²) in [6.07, 6.45) is 1.52. The van der Waals surface area contributed by atoms with E-state index < -0.39 is 4.92 Å². The van der Waals surface area contributed by atoms with Crippen molar-refractivity contribution in [3.63, 3.8) is 0 Å². The fourth-order valence-electron chi connectivity index (χ4n) is 2.24. The Labute approximate surface area is 132 Å². The smallest absolute Gasteiger partial charge is 0.268 e. The van der Waals surface area contributed by atoms with E-state index in [0.717, 1.165) is 11.1 Å². The molecular weight excluding hydrogens is 296 g/mol. The number of para-hydroxylation sites is 1. The molecule has 0 fully saturated rings. The number of fused-ring (bicyclic) bond motifs is 1. The molecule has 0 aliphatic heterocycles. The SMILES string of the molecule is COc1ccc(C=C(Cn2nnc3ccccc32)[N+](=O)[O-])cc1. The normalized spacial score (nSPS) is 11.6. The summed E-state index contributed by atoms with van der Waals surface area (Å²) in [6, 6.07) is 14.4. The standard InChI is InChI=1S/C16H14N4O3/c1-23-14-8-6-12(7-9-14)10-13(20(21)22)11-19-16-5-3-2-4-15(16)17-18-19/h2-10H,11H2,1H3. The van der Waals surface area contributed by atoms with Crippen molar-refractivity contribution in [2.75, 3.05) is 7.11 Å². The molecular formula is C16H14N4O3. The van der Waals surface area contributed by atoms with Crippen LogP contribution in [0.2, 0.25) is 0 Å². The molecule has 0 N–H and O–H groups in total. The Balaban J connectivity index is 1.92. The molecule has 7 nitrogen and oxygen atoms in total. The van der Waals surface area contributed by atoms with Crippen molar-refractivity contribution in [3.05, 3.63) is 69.9 Å². The zero-order valence-corrected chi connectivity index (χ0v) is 12.4. The third-order valence-electron chi connectivity index (χ3n) is 3.42. The largest absolute Gasteiger partial charge is 0.497 e. The van der Waals surface area contributed by atoms with Crippen molar-refractivity contribution >= 4 is 17.1 Å². The predicted molar refractivity (Wildman–Crippen MR) is 85.5 cm³/mol. The van der Waals surface area contributed by atoms with Gasteiger partial charge in [-0.3, -0.25) is 10.1 Å². The lowest BCUT2D eigenvalue weighted by Gasteiger charge is -2.02. The second kappa shape index (κ2) is 6.27. The fraction of sp³-hybridized carbons (Fsp3) is 0.125. The third kappa shape index (κ3) is 3.18. The third-order valence-corrected chi connectivity index (χ3v) is 3.42. The maximum atomic E-state index is 11.3. The first-order chi connectivity index (χ1) is 11.2. The minimum atomic E-state index is -0.402. The molecule has 23 heavy (non-hydrogen) atoms. The van der Waals surface area contributed by atoms with Gasteiger partial charge in [0.1, 0.15) is 17.8 Å². The van der Waals surface area contributed by atoms with E-state index in [2.05, 4.69) is 10.3 Å². The van der Waals surface area contributed by atoms with Crippen LogP contribution in [0.1, 0.15) is 5.56 Å². The molecule has 0 atom stereocenters. The minimum Gasteiger partial charge on any atom is -0.497 e. The van der Waals surface area contributed by atoms with E-state index in [-0.39, 0.29) is 12.2 Å². The van der Waals surface area contributed by atoms with Crippen LogP contribution >= 0.6 is 0 Å². The van der Waals surface area contributed by atoms with E-state index in [4.69, 9.17) is 4.74 Å². The van der Waals surface area contributed by atoms with Crippen LogP contribution in [0.5, 0.6) is 5.75 Å². The quantitative estimate of drug-likeness (QED) is 0.534. The molecule has 116 valence electrons. The van der Waals surface area contributed by atoms with E-state index in [1.807, 2.05) is 24.3 Å². The van der Waals surface area contributed by atoms with E-state index >= 15 is 0 Å². The highest BCUT2D eigenvalue weighted by Crippen LogP contribution is 2.16. The van der Waals surface area contributed by atoms with Crippen LogP contribution < -0.4 is 4.74 Å². The fourth-order valence-corrected chi connectivity index (χ4v) is 2.24. The van der Waals surface area contributed by atoms with Crippen LogP contribution in [-0.2, 0) is 6.54 Å². The van der Waals surface area contributed by atoms with Gasteiger partial charge in [0.2, 0.25) is 0 Å². The van der Waals surface area contributed by atoms with E-state index in [9.17, 15) is 10.1 Å². The van der Waals surface area contributed by atoms with Crippen LogP contribution in [0.4, 0.5) is 0 Å². The number of methoxy groups -OCH3 is 1. The van der Waals surface area contributed by atoms with Crippen LogP contribution in [0.25, 0.3) is 17.1 Å². The zero-order chi connectivity index (χ0) is 16.2. The van der Waals surface area contributed by atoms with Gasteiger partial charge in [-0.1, -0.05) is 29.5 Å². The Morgan fingerprint density at radius 2 is 2.00 bits per heavy atom. The summed E-state index contributed by atoms with van der Waals surface area (Å²) in [5.41, 5.74) is 2.22. The van der Waals surface area contributed by atoms with Crippen LogP contribution in [-0.4, -0.2) is 27.0 Å². The lowest BCUT2D eigenvalue weighted by Crippen LogP contribution is -2.09. The Morgan fingerprint density at radius 1 is 1.26 bits per heavy atom. The average molecular weight is 310 g/mol. The van der Waals surface area contributed by atoms with Gasteiger partial charge in [-0.05, 0) is 29.8 Å². The van der Waals surface area contributed by atoms with Gasteiger partial charge in [0, 0.05) is 6.08 Å². The molecule has 0 unspecified atom stereocenters. The molecule has 2 aromatic carbocycles. The second-order valence-electron chi connectivity index (χ2n) is 4.90. The number of allylic oxidation sites excluding steroid dienone is 1. The molecule has 7 heteroatoms. The first-order valence-electron chi connectivity index (χ1n) is 6.94. The Morgan fingerprint density at radius 3 is 2.70 bits per heavy atom. The number of nitrogens with zero attached hydrogens (tertiary/aromatic N) is 4. The van der Waals surface area contributed by atoms with E-state index in [1.54, 1.807) is 31.4 Å². The topological polar surface area (TPSA) is 83.1 Å². The Hall–Kier alpha value is -3.22. The molecule has 0 saturated heterocycles. The average Bonchev–Trinajstić information content (AvgIpc) is 2.98. The number of benzene rings is 2. The Kier molecular flexibility index (Phi) is 4.01. The monoisotopic (exact) mass is 310 g/mol. The Bertz CT molecular complexity index is 868. The molecule has 0 aliphatic carbocycles. The number of ether oxygens (including phenoxy) is 1. The van der Waals surface area contributed by atoms with Crippen molar-refractivity contribution in [3.8, 4) is 5.75 Å². The van der Waals surface area contributed by atoms with Crippen molar-refractivity contribution in [2.24, 2.45) is 0 Å². The summed E-state index contributed by atoms with van der Waals surface area (Å²) in [7, 11) is 1.57. The van der Waals surface area contributed by atoms with Crippen LogP contribution in [0.15, 0.2) is 54.2 Å². The van der Waals surface area contributed by atoms with Gasteiger partial charge in [0.25, 0.3) is 5.70 Å². The minimum absolute atomic E-state index is 0.0332. The number of rotatable bonds is 5. The molecule has 3 aromatic rings. The summed E-state index contributed by atoms with van der Waals surface area (Å²) in [6.45, 7) is 0.0412.